The molecule has 2 atom stereocenters. The maximum Gasteiger partial charge on any atom is 0.308 e. The Morgan fingerprint density at radius 2 is 2.16 bits per heavy atom. The first-order chi connectivity index (χ1) is 12.0. The first-order valence-electron chi connectivity index (χ1n) is 8.44. The summed E-state index contributed by atoms with van der Waals surface area (Å²) >= 11 is 0. The number of hydrogen-bond acceptors (Lipinski definition) is 4. The predicted molar refractivity (Wildman–Crippen MR) is 92.3 cm³/mol. The Morgan fingerprint density at radius 3 is 2.92 bits per heavy atom. The first kappa shape index (κ1) is 17.1. The van der Waals surface area contributed by atoms with Crippen LogP contribution in [0, 0.1) is 12.8 Å². The van der Waals surface area contributed by atoms with Crippen molar-refractivity contribution in [1.82, 2.24) is 14.9 Å². The predicted octanol–water partition coefficient (Wildman–Crippen LogP) is 1.46. The van der Waals surface area contributed by atoms with E-state index in [1.807, 2.05) is 19.1 Å². The van der Waals surface area contributed by atoms with Crippen molar-refractivity contribution in [2.24, 2.45) is 5.92 Å². The molecule has 2 aromatic rings. The number of rotatable bonds is 5. The van der Waals surface area contributed by atoms with Gasteiger partial charge in [-0.1, -0.05) is 18.6 Å². The summed E-state index contributed by atoms with van der Waals surface area (Å²) in [5.41, 5.74) is 1.43. The Hall–Kier alpha value is -2.70. The lowest BCUT2D eigenvalue weighted by atomic mass is 10.0. The van der Waals surface area contributed by atoms with Crippen molar-refractivity contribution in [3.63, 3.8) is 0 Å². The molecule has 1 amide bonds. The van der Waals surface area contributed by atoms with Gasteiger partial charge in [-0.25, -0.2) is 4.98 Å². The average molecular weight is 343 g/mol. The highest BCUT2D eigenvalue weighted by Gasteiger charge is 2.33. The minimum atomic E-state index is -0.867. The average Bonchev–Trinajstić information content (AvgIpc) is 3.03. The largest absolute Gasteiger partial charge is 0.481 e. The van der Waals surface area contributed by atoms with Gasteiger partial charge < -0.3 is 10.4 Å². The van der Waals surface area contributed by atoms with Gasteiger partial charge in [-0.15, -0.1) is 0 Å². The van der Waals surface area contributed by atoms with E-state index in [2.05, 4.69) is 10.3 Å². The van der Waals surface area contributed by atoms with E-state index in [4.69, 9.17) is 5.11 Å². The van der Waals surface area contributed by atoms with Crippen LogP contribution in [0.4, 0.5) is 0 Å². The summed E-state index contributed by atoms with van der Waals surface area (Å²) in [6.45, 7) is 2.11. The molecule has 0 bridgehead atoms. The highest BCUT2D eigenvalue weighted by Crippen LogP contribution is 2.25. The van der Waals surface area contributed by atoms with E-state index in [0.29, 0.717) is 23.7 Å². The van der Waals surface area contributed by atoms with E-state index in [1.165, 1.54) is 10.9 Å². The Morgan fingerprint density at radius 1 is 1.36 bits per heavy atom. The molecule has 3 rings (SSSR count). The Labute approximate surface area is 144 Å². The summed E-state index contributed by atoms with van der Waals surface area (Å²) in [4.78, 5) is 40.1. The Kier molecular flexibility index (Phi) is 4.83. The zero-order chi connectivity index (χ0) is 18.0. The number of amides is 1. The normalized spacial score (nSPS) is 19.9. The number of carboxylic acids is 1. The molecule has 0 spiro atoms. The van der Waals surface area contributed by atoms with E-state index in [-0.39, 0.29) is 30.5 Å². The lowest BCUT2D eigenvalue weighted by molar-refractivity contribution is -0.142. The van der Waals surface area contributed by atoms with Crippen molar-refractivity contribution in [2.45, 2.75) is 45.2 Å². The number of aryl methyl sites for hydroxylation is 2. The second-order valence-corrected chi connectivity index (χ2v) is 6.51. The molecule has 1 aromatic heterocycles. The Balaban J connectivity index is 1.66. The van der Waals surface area contributed by atoms with Gasteiger partial charge in [0, 0.05) is 19.0 Å². The summed E-state index contributed by atoms with van der Waals surface area (Å²) < 4.78 is 1.42. The van der Waals surface area contributed by atoms with E-state index in [9.17, 15) is 14.4 Å². The molecule has 2 N–H and O–H groups in total. The minimum Gasteiger partial charge on any atom is -0.481 e. The molecule has 0 saturated heterocycles. The number of nitrogens with one attached hydrogen (secondary N) is 1. The number of fused-ring (bicyclic) bond motifs is 1. The van der Waals surface area contributed by atoms with Crippen LogP contribution in [0.3, 0.4) is 0 Å². The second kappa shape index (κ2) is 7.04. The van der Waals surface area contributed by atoms with Gasteiger partial charge in [0.2, 0.25) is 5.91 Å². The SMILES string of the molecule is Cc1cccc2c(=O)n(CCC(=O)N[C@@H]3CCC[C@@H]3C(=O)O)cnc12. The molecule has 1 aromatic carbocycles. The molecule has 25 heavy (non-hydrogen) atoms. The molecule has 1 saturated carbocycles. The summed E-state index contributed by atoms with van der Waals surface area (Å²) in [7, 11) is 0. The van der Waals surface area contributed by atoms with Gasteiger partial charge in [-0.2, -0.15) is 0 Å². The number of para-hydroxylation sites is 1. The van der Waals surface area contributed by atoms with E-state index in [0.717, 1.165) is 12.0 Å². The van der Waals surface area contributed by atoms with Crippen molar-refractivity contribution in [2.75, 3.05) is 0 Å². The summed E-state index contributed by atoms with van der Waals surface area (Å²) in [5, 5.41) is 12.5. The van der Waals surface area contributed by atoms with E-state index < -0.39 is 11.9 Å². The zero-order valence-corrected chi connectivity index (χ0v) is 14.1. The summed E-state index contributed by atoms with van der Waals surface area (Å²) in [5.74, 6) is -1.63. The number of aliphatic carboxylic acids is 1. The number of carbonyl (C=O) groups excluding carboxylic acids is 1. The van der Waals surface area contributed by atoms with Crippen LogP contribution in [0.15, 0.2) is 29.3 Å². The lowest BCUT2D eigenvalue weighted by Gasteiger charge is -2.17. The van der Waals surface area contributed by atoms with E-state index >= 15 is 0 Å². The second-order valence-electron chi connectivity index (χ2n) is 6.51. The minimum absolute atomic E-state index is 0.113. The molecule has 0 aliphatic heterocycles. The fourth-order valence-electron chi connectivity index (χ4n) is 3.43. The van der Waals surface area contributed by atoms with E-state index in [1.54, 1.807) is 6.07 Å². The van der Waals surface area contributed by atoms with Gasteiger partial charge in [0.1, 0.15) is 0 Å². The van der Waals surface area contributed by atoms with Crippen LogP contribution in [0.2, 0.25) is 0 Å². The van der Waals surface area contributed by atoms with Crippen LogP contribution in [0.1, 0.15) is 31.2 Å². The Bertz CT molecular complexity index is 874. The number of aromatic nitrogens is 2. The van der Waals surface area contributed by atoms with Gasteiger partial charge >= 0.3 is 5.97 Å². The maximum absolute atomic E-state index is 12.5. The molecule has 0 unspecified atom stereocenters. The van der Waals surface area contributed by atoms with Crippen LogP contribution in [-0.2, 0) is 16.1 Å². The van der Waals surface area contributed by atoms with Crippen molar-refractivity contribution in [1.29, 1.82) is 0 Å². The number of carbonyl (C=O) groups is 2. The highest BCUT2D eigenvalue weighted by atomic mass is 16.4. The van der Waals surface area contributed by atoms with Crippen molar-refractivity contribution < 1.29 is 14.7 Å². The van der Waals surface area contributed by atoms with Crippen LogP contribution < -0.4 is 10.9 Å². The third-order valence-electron chi connectivity index (χ3n) is 4.81. The van der Waals surface area contributed by atoms with Gasteiger partial charge in [-0.05, 0) is 31.4 Å². The molecule has 7 nitrogen and oxygen atoms in total. The number of carboxylic acid groups (broad SMARTS) is 1. The van der Waals surface area contributed by atoms with Crippen LogP contribution in [0.25, 0.3) is 10.9 Å². The fourth-order valence-corrected chi connectivity index (χ4v) is 3.43. The van der Waals surface area contributed by atoms with Gasteiger partial charge in [0.25, 0.3) is 5.56 Å². The molecule has 0 radical (unpaired) electrons. The van der Waals surface area contributed by atoms with Crippen molar-refractivity contribution >= 4 is 22.8 Å². The third kappa shape index (κ3) is 3.55. The first-order valence-corrected chi connectivity index (χ1v) is 8.44. The van der Waals surface area contributed by atoms with Crippen LogP contribution in [0.5, 0.6) is 0 Å². The monoisotopic (exact) mass is 343 g/mol. The molecule has 1 fully saturated rings. The highest BCUT2D eigenvalue weighted by molar-refractivity contribution is 5.80. The number of nitrogens with zero attached hydrogens (tertiary/aromatic N) is 2. The number of benzene rings is 1. The topological polar surface area (TPSA) is 101 Å². The fraction of sp³-hybridized carbons (Fsp3) is 0.444. The van der Waals surface area contributed by atoms with Crippen LogP contribution >= 0.6 is 0 Å². The molecule has 7 heteroatoms. The zero-order valence-electron chi connectivity index (χ0n) is 14.1. The van der Waals surface area contributed by atoms with Gasteiger partial charge in [0.05, 0.1) is 23.1 Å². The smallest absolute Gasteiger partial charge is 0.308 e. The molecular weight excluding hydrogens is 322 g/mol. The molecule has 132 valence electrons. The van der Waals surface area contributed by atoms with Crippen molar-refractivity contribution in [3.05, 3.63) is 40.4 Å². The van der Waals surface area contributed by atoms with Gasteiger partial charge in [-0.3, -0.25) is 19.0 Å². The molecule has 1 aliphatic carbocycles. The standard InChI is InChI=1S/C18H21N3O4/c1-11-4-2-6-13-16(11)19-10-21(17(13)23)9-8-15(22)20-14-7-3-5-12(14)18(24)25/h2,4,6,10,12,14H,3,5,7-9H2,1H3,(H,20,22)(H,24,25)/t12-,14+/m0/s1. The number of hydrogen-bond donors (Lipinski definition) is 2. The van der Waals surface area contributed by atoms with Crippen LogP contribution in [-0.4, -0.2) is 32.6 Å². The maximum atomic E-state index is 12.5. The van der Waals surface area contributed by atoms with Crippen molar-refractivity contribution in [3.8, 4) is 0 Å². The molecule has 1 heterocycles. The summed E-state index contributed by atoms with van der Waals surface area (Å²) in [6, 6.07) is 5.11. The summed E-state index contributed by atoms with van der Waals surface area (Å²) in [6.07, 6.45) is 3.64. The quantitative estimate of drug-likeness (QED) is 0.856. The lowest BCUT2D eigenvalue weighted by Crippen LogP contribution is -2.40. The molecular formula is C18H21N3O4. The van der Waals surface area contributed by atoms with Gasteiger partial charge in [0.15, 0.2) is 0 Å². The third-order valence-corrected chi connectivity index (χ3v) is 4.81. The molecule has 1 aliphatic rings.